The molecule has 10 nitrogen and oxygen atoms in total. The quantitative estimate of drug-likeness (QED) is 0.275. The van der Waals surface area contributed by atoms with Gasteiger partial charge in [0.1, 0.15) is 0 Å². The Hall–Kier alpha value is -5.38. The van der Waals surface area contributed by atoms with E-state index in [0.29, 0.717) is 72.0 Å². The lowest BCUT2D eigenvalue weighted by Crippen LogP contribution is -2.50. The van der Waals surface area contributed by atoms with Gasteiger partial charge in [-0.25, -0.2) is 0 Å². The van der Waals surface area contributed by atoms with E-state index in [1.807, 2.05) is 24.3 Å². The average Bonchev–Trinajstić information content (AvgIpc) is 3.08. The molecule has 4 aromatic carbocycles. The van der Waals surface area contributed by atoms with Crippen molar-refractivity contribution in [2.24, 2.45) is 0 Å². The van der Waals surface area contributed by atoms with Crippen molar-refractivity contribution in [1.82, 2.24) is 19.6 Å². The fourth-order valence-electron chi connectivity index (χ4n) is 6.87. The first kappa shape index (κ1) is 29.3. The Balaban J connectivity index is 0.868. The molecular formula is C36H32N4O6. The van der Waals surface area contributed by atoms with Gasteiger partial charge in [0.25, 0.3) is 23.6 Å². The van der Waals surface area contributed by atoms with Crippen LogP contribution in [-0.4, -0.2) is 94.3 Å². The largest absolute Gasteiger partial charge is 0.339 e. The van der Waals surface area contributed by atoms with Gasteiger partial charge in [-0.1, -0.05) is 48.5 Å². The minimum Gasteiger partial charge on any atom is -0.339 e. The molecule has 46 heavy (non-hydrogen) atoms. The molecule has 0 spiro atoms. The van der Waals surface area contributed by atoms with Gasteiger partial charge >= 0.3 is 0 Å². The molecular weight excluding hydrogens is 584 g/mol. The second kappa shape index (κ2) is 11.8. The van der Waals surface area contributed by atoms with Gasteiger partial charge in [0.05, 0.1) is 0 Å². The summed E-state index contributed by atoms with van der Waals surface area (Å²) in [4.78, 5) is 84.2. The highest BCUT2D eigenvalue weighted by atomic mass is 16.2. The lowest BCUT2D eigenvalue weighted by molar-refractivity contribution is -0.139. The standard InChI is InChI=1S/C36H32N4O6/c41-29(15-5-17-39-33(43)25-11-1-7-23-8-2-12-26(31(23)25)34(39)44)37-19-21-38(22-20-37)30(42)16-6-18-40-35(45)27-13-3-9-24-10-4-14-28(32(24)27)36(40)46/h1-4,7-14H,5-6,15-22H2. The highest BCUT2D eigenvalue weighted by molar-refractivity contribution is 6.26. The van der Waals surface area contributed by atoms with Crippen LogP contribution in [0.2, 0.25) is 0 Å². The van der Waals surface area contributed by atoms with Crippen LogP contribution < -0.4 is 0 Å². The molecule has 0 aromatic heterocycles. The summed E-state index contributed by atoms with van der Waals surface area (Å²) in [7, 11) is 0. The highest BCUT2D eigenvalue weighted by Gasteiger charge is 2.34. The van der Waals surface area contributed by atoms with Crippen LogP contribution in [-0.2, 0) is 9.59 Å². The number of hydrogen-bond donors (Lipinski definition) is 0. The number of piperazine rings is 1. The molecule has 232 valence electrons. The Morgan fingerprint density at radius 1 is 0.478 bits per heavy atom. The Labute approximate surface area is 265 Å². The van der Waals surface area contributed by atoms with Crippen molar-refractivity contribution >= 4 is 57.0 Å². The minimum atomic E-state index is -0.343. The lowest BCUT2D eigenvalue weighted by Gasteiger charge is -2.35. The van der Waals surface area contributed by atoms with Gasteiger partial charge in [0, 0.05) is 85.1 Å². The van der Waals surface area contributed by atoms with Crippen LogP contribution in [0.3, 0.4) is 0 Å². The van der Waals surface area contributed by atoms with Crippen molar-refractivity contribution in [3.05, 3.63) is 95.1 Å². The van der Waals surface area contributed by atoms with Gasteiger partial charge in [0.15, 0.2) is 0 Å². The summed E-state index contributed by atoms with van der Waals surface area (Å²) in [5.74, 6) is -1.53. The monoisotopic (exact) mass is 616 g/mol. The van der Waals surface area contributed by atoms with Crippen LogP contribution in [0, 0.1) is 0 Å². The molecule has 0 bridgehead atoms. The molecule has 7 rings (SSSR count). The van der Waals surface area contributed by atoms with E-state index in [1.54, 1.807) is 58.3 Å². The molecule has 0 saturated carbocycles. The molecule has 0 atom stereocenters. The van der Waals surface area contributed by atoms with Gasteiger partial charge < -0.3 is 9.80 Å². The SMILES string of the molecule is O=C(CCCN1C(=O)c2cccc3cccc(c23)C1=O)N1CCN(C(=O)CCCN2C(=O)c3cccc4cccc(c34)C2=O)CC1. The van der Waals surface area contributed by atoms with E-state index < -0.39 is 0 Å². The minimum absolute atomic E-state index is 0.0797. The first-order valence-corrected chi connectivity index (χ1v) is 15.6. The fraction of sp³-hybridized carbons (Fsp3) is 0.278. The van der Waals surface area contributed by atoms with Crippen LogP contribution >= 0.6 is 0 Å². The number of benzene rings is 4. The molecule has 0 unspecified atom stereocenters. The van der Waals surface area contributed by atoms with E-state index in [-0.39, 0.29) is 61.4 Å². The van der Waals surface area contributed by atoms with Gasteiger partial charge in [0.2, 0.25) is 11.8 Å². The van der Waals surface area contributed by atoms with Crippen LogP contribution in [0.25, 0.3) is 21.5 Å². The zero-order valence-corrected chi connectivity index (χ0v) is 25.2. The first-order chi connectivity index (χ1) is 22.3. The van der Waals surface area contributed by atoms with Crippen LogP contribution in [0.4, 0.5) is 0 Å². The second-order valence-corrected chi connectivity index (χ2v) is 11.9. The predicted molar refractivity (Wildman–Crippen MR) is 170 cm³/mol. The van der Waals surface area contributed by atoms with Crippen LogP contribution in [0.5, 0.6) is 0 Å². The Bertz CT molecular complexity index is 1720. The zero-order valence-electron chi connectivity index (χ0n) is 25.2. The molecule has 0 radical (unpaired) electrons. The van der Waals surface area contributed by atoms with E-state index >= 15 is 0 Å². The van der Waals surface area contributed by atoms with Gasteiger partial charge in [-0.15, -0.1) is 0 Å². The summed E-state index contributed by atoms with van der Waals surface area (Å²) < 4.78 is 0. The summed E-state index contributed by atoms with van der Waals surface area (Å²) in [6, 6.07) is 21.6. The molecule has 10 heteroatoms. The van der Waals surface area contributed by atoms with Crippen molar-refractivity contribution in [3.8, 4) is 0 Å². The van der Waals surface area contributed by atoms with Crippen LogP contribution in [0.1, 0.15) is 67.1 Å². The Morgan fingerprint density at radius 3 is 1.09 bits per heavy atom. The lowest BCUT2D eigenvalue weighted by atomic mass is 9.94. The number of imide groups is 2. The molecule has 0 N–H and O–H groups in total. The second-order valence-electron chi connectivity index (χ2n) is 11.9. The summed E-state index contributed by atoms with van der Waals surface area (Å²) in [6.45, 7) is 1.87. The smallest absolute Gasteiger partial charge is 0.261 e. The molecule has 1 saturated heterocycles. The molecule has 6 amide bonds. The van der Waals surface area contributed by atoms with E-state index in [1.165, 1.54) is 9.80 Å². The van der Waals surface area contributed by atoms with Gasteiger partial charge in [-0.05, 0) is 47.9 Å². The number of nitrogens with zero attached hydrogens (tertiary/aromatic N) is 4. The summed E-state index contributed by atoms with van der Waals surface area (Å²) in [5, 5.41) is 3.05. The highest BCUT2D eigenvalue weighted by Crippen LogP contribution is 2.31. The third-order valence-corrected chi connectivity index (χ3v) is 9.24. The van der Waals surface area contributed by atoms with Crippen molar-refractivity contribution in [1.29, 1.82) is 0 Å². The fourth-order valence-corrected chi connectivity index (χ4v) is 6.87. The molecule has 3 aliphatic heterocycles. The average molecular weight is 617 g/mol. The van der Waals surface area contributed by atoms with Gasteiger partial charge in [-0.2, -0.15) is 0 Å². The molecule has 1 fully saturated rings. The molecule has 0 aliphatic carbocycles. The first-order valence-electron chi connectivity index (χ1n) is 15.6. The number of hydrogen-bond acceptors (Lipinski definition) is 6. The van der Waals surface area contributed by atoms with E-state index in [9.17, 15) is 28.8 Å². The molecule has 3 heterocycles. The van der Waals surface area contributed by atoms with Gasteiger partial charge in [-0.3, -0.25) is 38.6 Å². The number of carbonyl (C=O) groups excluding carboxylic acids is 6. The molecule has 4 aromatic rings. The van der Waals surface area contributed by atoms with Crippen molar-refractivity contribution in [2.45, 2.75) is 25.7 Å². The third kappa shape index (κ3) is 4.99. The maximum atomic E-state index is 13.1. The third-order valence-electron chi connectivity index (χ3n) is 9.24. The summed E-state index contributed by atoms with van der Waals surface area (Å²) >= 11 is 0. The number of amides is 6. The number of carbonyl (C=O) groups is 6. The maximum Gasteiger partial charge on any atom is 0.261 e. The molecule has 3 aliphatic rings. The van der Waals surface area contributed by atoms with Crippen molar-refractivity contribution in [3.63, 3.8) is 0 Å². The normalized spacial score (nSPS) is 16.2. The zero-order chi connectivity index (χ0) is 31.9. The topological polar surface area (TPSA) is 115 Å². The number of rotatable bonds is 8. The maximum absolute atomic E-state index is 13.1. The van der Waals surface area contributed by atoms with Crippen LogP contribution in [0.15, 0.2) is 72.8 Å². The predicted octanol–water partition coefficient (Wildman–Crippen LogP) is 4.12. The van der Waals surface area contributed by atoms with Crippen molar-refractivity contribution < 1.29 is 28.8 Å². The van der Waals surface area contributed by atoms with E-state index in [0.717, 1.165) is 10.8 Å². The van der Waals surface area contributed by atoms with E-state index in [4.69, 9.17) is 0 Å². The summed E-state index contributed by atoms with van der Waals surface area (Å²) in [5.41, 5.74) is 1.99. The Morgan fingerprint density at radius 2 is 0.783 bits per heavy atom. The Kier molecular flexibility index (Phi) is 7.56. The van der Waals surface area contributed by atoms with Crippen molar-refractivity contribution in [2.75, 3.05) is 39.3 Å². The van der Waals surface area contributed by atoms with E-state index in [2.05, 4.69) is 0 Å². The summed E-state index contributed by atoms with van der Waals surface area (Å²) in [6.07, 6.45) is 1.07.